The molecule has 0 atom stereocenters. The SMILES string of the molecule is CCCCCCCCCCCCCCCCCCOc1nc2cscc2nc1-c1ccccc1.CCCCCCCCCCCCCCCCCOc1nc2cscc2nc1-c1ccccc1. The van der Waals surface area contributed by atoms with Crippen LogP contribution in [0.3, 0.4) is 0 Å². The fraction of sp³-hybridized carbons (Fsp3) is 0.593. The molecule has 366 valence electrons. The van der Waals surface area contributed by atoms with Gasteiger partial charge in [0.25, 0.3) is 0 Å². The van der Waals surface area contributed by atoms with E-state index in [1.807, 2.05) is 57.9 Å². The van der Waals surface area contributed by atoms with Crippen molar-refractivity contribution in [2.24, 2.45) is 0 Å². The Kier molecular flexibility index (Phi) is 28.5. The zero-order chi connectivity index (χ0) is 46.7. The number of hydrogen-bond donors (Lipinski definition) is 0. The molecule has 0 fully saturated rings. The first kappa shape index (κ1) is 54.1. The molecule has 0 aliphatic rings. The summed E-state index contributed by atoms with van der Waals surface area (Å²) in [5.41, 5.74) is 7.55. The van der Waals surface area contributed by atoms with E-state index >= 15 is 0 Å². The summed E-state index contributed by atoms with van der Waals surface area (Å²) < 4.78 is 12.2. The van der Waals surface area contributed by atoms with Crippen LogP contribution in [0.5, 0.6) is 11.8 Å². The average molecular weight is 947 g/mol. The van der Waals surface area contributed by atoms with Crippen molar-refractivity contribution in [2.75, 3.05) is 13.2 Å². The van der Waals surface area contributed by atoms with Gasteiger partial charge in [-0.3, -0.25) is 0 Å². The highest BCUT2D eigenvalue weighted by molar-refractivity contribution is 7.09. The maximum Gasteiger partial charge on any atom is 0.241 e. The van der Waals surface area contributed by atoms with Gasteiger partial charge in [-0.1, -0.05) is 261 Å². The zero-order valence-electron chi connectivity index (χ0n) is 41.8. The fourth-order valence-corrected chi connectivity index (χ4v) is 10.1. The molecule has 4 aromatic heterocycles. The van der Waals surface area contributed by atoms with Gasteiger partial charge < -0.3 is 9.47 Å². The maximum absolute atomic E-state index is 6.12. The molecule has 6 aromatic rings. The van der Waals surface area contributed by atoms with Gasteiger partial charge in [0.15, 0.2) is 0 Å². The van der Waals surface area contributed by atoms with E-state index < -0.39 is 0 Å². The van der Waals surface area contributed by atoms with Crippen molar-refractivity contribution in [2.45, 2.75) is 213 Å². The predicted octanol–water partition coefficient (Wildman–Crippen LogP) is 19.6. The molecule has 67 heavy (non-hydrogen) atoms. The van der Waals surface area contributed by atoms with Gasteiger partial charge in [-0.2, -0.15) is 0 Å². The Labute approximate surface area is 414 Å². The van der Waals surface area contributed by atoms with Gasteiger partial charge >= 0.3 is 0 Å². The summed E-state index contributed by atoms with van der Waals surface area (Å²) in [6.07, 6.45) is 42.7. The van der Waals surface area contributed by atoms with Crippen LogP contribution in [-0.2, 0) is 0 Å². The number of aromatic nitrogens is 4. The highest BCUT2D eigenvalue weighted by Crippen LogP contribution is 2.32. The molecule has 2 aromatic carbocycles. The zero-order valence-corrected chi connectivity index (χ0v) is 43.5. The highest BCUT2D eigenvalue weighted by atomic mass is 32.1. The molecule has 0 radical (unpaired) electrons. The standard InChI is InChI=1S/C30H44N2OS.C29H42N2OS/c1-2-3-4-5-6-7-8-9-10-11-12-13-14-15-16-20-23-33-30-29(26-21-18-17-19-22-26)31-27-24-34-25-28(27)32-30;1-2-3-4-5-6-7-8-9-10-11-12-13-14-15-19-22-32-29-28(25-20-17-16-18-21-25)30-26-23-33-24-27(26)31-29/h17-19,21-22,24-25H,2-16,20,23H2,1H3;16-18,20-21,23-24H,2-15,19,22H2,1H3. The largest absolute Gasteiger partial charge is 0.476 e. The molecule has 0 saturated carbocycles. The van der Waals surface area contributed by atoms with Crippen LogP contribution in [0.15, 0.2) is 82.2 Å². The second-order valence-corrected chi connectivity index (χ2v) is 20.2. The monoisotopic (exact) mass is 947 g/mol. The molecule has 0 aliphatic heterocycles. The van der Waals surface area contributed by atoms with E-state index in [-0.39, 0.29) is 0 Å². The quantitative estimate of drug-likeness (QED) is 0.0362. The van der Waals surface area contributed by atoms with E-state index in [4.69, 9.17) is 29.4 Å². The number of fused-ring (bicyclic) bond motifs is 2. The number of unbranched alkanes of at least 4 members (excludes halogenated alkanes) is 29. The molecule has 6 rings (SSSR count). The summed E-state index contributed by atoms with van der Waals surface area (Å²) in [5, 5.41) is 8.18. The van der Waals surface area contributed by atoms with Gasteiger partial charge in [0.2, 0.25) is 11.8 Å². The molecule has 0 spiro atoms. The first-order valence-corrected chi connectivity index (χ1v) is 29.0. The van der Waals surface area contributed by atoms with Gasteiger partial charge in [-0.15, -0.1) is 22.7 Å². The van der Waals surface area contributed by atoms with Crippen molar-refractivity contribution in [3.8, 4) is 34.3 Å². The molecule has 4 heterocycles. The Morgan fingerprint density at radius 2 is 0.567 bits per heavy atom. The molecule has 0 unspecified atom stereocenters. The molecule has 0 N–H and O–H groups in total. The molecule has 6 nitrogen and oxygen atoms in total. The van der Waals surface area contributed by atoms with Crippen molar-refractivity contribution in [1.29, 1.82) is 0 Å². The number of rotatable bonds is 37. The minimum atomic E-state index is 0.664. The number of benzene rings is 2. The molecule has 0 amide bonds. The van der Waals surface area contributed by atoms with Crippen LogP contribution in [0.4, 0.5) is 0 Å². The van der Waals surface area contributed by atoms with E-state index in [2.05, 4.69) is 38.1 Å². The molecule has 8 heteroatoms. The van der Waals surface area contributed by atoms with Crippen LogP contribution < -0.4 is 9.47 Å². The van der Waals surface area contributed by atoms with E-state index in [1.54, 1.807) is 22.7 Å². The van der Waals surface area contributed by atoms with Crippen LogP contribution in [0.2, 0.25) is 0 Å². The Morgan fingerprint density at radius 3 is 0.851 bits per heavy atom. The Balaban J connectivity index is 0.000000251. The lowest BCUT2D eigenvalue weighted by atomic mass is 10.0. The predicted molar refractivity (Wildman–Crippen MR) is 291 cm³/mol. The lowest BCUT2D eigenvalue weighted by molar-refractivity contribution is 0.294. The summed E-state index contributed by atoms with van der Waals surface area (Å²) in [7, 11) is 0. The second-order valence-electron chi connectivity index (χ2n) is 18.7. The van der Waals surface area contributed by atoms with Gasteiger partial charge in [0.1, 0.15) is 33.5 Å². The Hall–Kier alpha value is -3.88. The van der Waals surface area contributed by atoms with E-state index in [9.17, 15) is 0 Å². The smallest absolute Gasteiger partial charge is 0.241 e. The van der Waals surface area contributed by atoms with Crippen molar-refractivity contribution in [3.05, 3.63) is 82.2 Å². The minimum Gasteiger partial charge on any atom is -0.476 e. The summed E-state index contributed by atoms with van der Waals surface area (Å²) in [6.45, 7) is 6.00. The third kappa shape index (κ3) is 22.0. The fourth-order valence-electron chi connectivity index (χ4n) is 8.79. The van der Waals surface area contributed by atoms with E-state index in [1.165, 1.54) is 186 Å². The van der Waals surface area contributed by atoms with Crippen molar-refractivity contribution in [1.82, 2.24) is 19.9 Å². The van der Waals surface area contributed by atoms with Crippen LogP contribution in [0.25, 0.3) is 44.6 Å². The summed E-state index contributed by atoms with van der Waals surface area (Å²) >= 11 is 3.27. The first-order valence-electron chi connectivity index (χ1n) is 27.1. The average Bonchev–Trinajstić information content (AvgIpc) is 4.04. The normalized spacial score (nSPS) is 11.3. The summed E-state index contributed by atoms with van der Waals surface area (Å²) in [6, 6.07) is 20.5. The Morgan fingerprint density at radius 1 is 0.313 bits per heavy atom. The molecular formula is C59H86N4O2S2. The minimum absolute atomic E-state index is 0.664. The lowest BCUT2D eigenvalue weighted by Crippen LogP contribution is -2.02. The highest BCUT2D eigenvalue weighted by Gasteiger charge is 2.14. The van der Waals surface area contributed by atoms with Crippen molar-refractivity contribution in [3.63, 3.8) is 0 Å². The number of ether oxygens (including phenoxy) is 2. The third-order valence-electron chi connectivity index (χ3n) is 12.9. The van der Waals surface area contributed by atoms with Crippen LogP contribution in [-0.4, -0.2) is 33.1 Å². The topological polar surface area (TPSA) is 70.0 Å². The first-order chi connectivity index (χ1) is 33.3. The third-order valence-corrected chi connectivity index (χ3v) is 14.3. The van der Waals surface area contributed by atoms with Gasteiger partial charge in [0.05, 0.1) is 13.2 Å². The molecule has 0 saturated heterocycles. The maximum atomic E-state index is 6.12. The van der Waals surface area contributed by atoms with Gasteiger partial charge in [0, 0.05) is 32.6 Å². The molecular weight excluding hydrogens is 861 g/mol. The van der Waals surface area contributed by atoms with Crippen LogP contribution >= 0.6 is 22.7 Å². The number of nitrogens with zero attached hydrogens (tertiary/aromatic N) is 4. The number of hydrogen-bond acceptors (Lipinski definition) is 8. The van der Waals surface area contributed by atoms with Crippen LogP contribution in [0, 0.1) is 0 Å². The second kappa shape index (κ2) is 35.3. The summed E-state index contributed by atoms with van der Waals surface area (Å²) in [4.78, 5) is 19.1. The molecule has 0 bridgehead atoms. The van der Waals surface area contributed by atoms with Crippen molar-refractivity contribution >= 4 is 44.7 Å². The summed E-state index contributed by atoms with van der Waals surface area (Å²) in [5.74, 6) is 1.33. The van der Waals surface area contributed by atoms with E-state index in [0.717, 1.165) is 57.4 Å². The molecule has 0 aliphatic carbocycles. The van der Waals surface area contributed by atoms with Gasteiger partial charge in [-0.05, 0) is 12.8 Å². The van der Waals surface area contributed by atoms with Crippen molar-refractivity contribution < 1.29 is 9.47 Å². The number of thiophene rings is 2. The van der Waals surface area contributed by atoms with E-state index in [0.29, 0.717) is 25.0 Å². The Bertz CT molecular complexity index is 2100. The van der Waals surface area contributed by atoms with Crippen LogP contribution in [0.1, 0.15) is 213 Å². The lowest BCUT2D eigenvalue weighted by Gasteiger charge is -2.10. The van der Waals surface area contributed by atoms with Gasteiger partial charge in [-0.25, -0.2) is 19.9 Å².